The van der Waals surface area contributed by atoms with E-state index >= 15 is 0 Å². The predicted octanol–water partition coefficient (Wildman–Crippen LogP) is 11.6. The Bertz CT molecular complexity index is 2950. The zero-order chi connectivity index (χ0) is 33.9. The van der Waals surface area contributed by atoms with Crippen LogP contribution in [0, 0.1) is 0 Å². The van der Waals surface area contributed by atoms with E-state index in [2.05, 4.69) is 174 Å². The Morgan fingerprint density at radius 3 is 1.83 bits per heavy atom. The Kier molecular flexibility index (Phi) is 5.58. The van der Waals surface area contributed by atoms with Crippen molar-refractivity contribution >= 4 is 68.1 Å². The standard InChI is InChI=1S/C48H29BN2O/c1-2-11-30(12-3-1)31-13-8-14-34(27-31)50-43-20-9-17-37-35-15-4-6-19-41(35)51-42-25-23-32(28-39(42)38-18-10-21-44(50)48(38)49(51)47(37)43)33-24-26-46-40(29-33)36-16-5-7-22-45(36)52-46/h1-29H. The molecule has 0 aliphatic carbocycles. The first-order chi connectivity index (χ1) is 25.8. The molecule has 0 fully saturated rings. The Labute approximate surface area is 301 Å². The minimum Gasteiger partial charge on any atom is -0.456 e. The maximum atomic E-state index is 6.19. The zero-order valence-corrected chi connectivity index (χ0v) is 28.1. The van der Waals surface area contributed by atoms with Gasteiger partial charge < -0.3 is 14.1 Å². The van der Waals surface area contributed by atoms with Gasteiger partial charge in [-0.2, -0.15) is 0 Å². The van der Waals surface area contributed by atoms with Crippen molar-refractivity contribution < 1.29 is 4.42 Å². The lowest BCUT2D eigenvalue weighted by Gasteiger charge is -2.49. The van der Waals surface area contributed by atoms with E-state index in [1.807, 2.05) is 12.1 Å². The van der Waals surface area contributed by atoms with Crippen molar-refractivity contribution in [1.82, 2.24) is 0 Å². The van der Waals surface area contributed by atoms with Gasteiger partial charge in [-0.15, -0.1) is 0 Å². The van der Waals surface area contributed by atoms with Gasteiger partial charge >= 0.3 is 6.85 Å². The topological polar surface area (TPSA) is 19.6 Å². The van der Waals surface area contributed by atoms with E-state index in [1.54, 1.807) is 0 Å². The molecule has 52 heavy (non-hydrogen) atoms. The molecule has 0 spiro atoms. The molecular weight excluding hydrogens is 631 g/mol. The lowest BCUT2D eigenvalue weighted by atomic mass is 9.41. The van der Waals surface area contributed by atoms with Gasteiger partial charge in [0.05, 0.1) is 0 Å². The lowest BCUT2D eigenvalue weighted by Crippen LogP contribution is -2.63. The van der Waals surface area contributed by atoms with E-state index in [-0.39, 0.29) is 6.85 Å². The summed E-state index contributed by atoms with van der Waals surface area (Å²) in [6.07, 6.45) is 0. The minimum atomic E-state index is 0.0489. The summed E-state index contributed by atoms with van der Waals surface area (Å²) in [5.74, 6) is 0. The van der Waals surface area contributed by atoms with Crippen LogP contribution in [-0.4, -0.2) is 6.85 Å². The highest BCUT2D eigenvalue weighted by atomic mass is 16.3. The first kappa shape index (κ1) is 28.0. The highest BCUT2D eigenvalue weighted by Crippen LogP contribution is 2.52. The van der Waals surface area contributed by atoms with Crippen molar-refractivity contribution in [2.45, 2.75) is 0 Å². The van der Waals surface area contributed by atoms with Gasteiger partial charge in [0.25, 0.3) is 0 Å². The molecule has 0 bridgehead atoms. The van der Waals surface area contributed by atoms with Crippen LogP contribution in [0.1, 0.15) is 0 Å². The van der Waals surface area contributed by atoms with Crippen molar-refractivity contribution in [3.63, 3.8) is 0 Å². The third-order valence-electron chi connectivity index (χ3n) is 11.4. The smallest absolute Gasteiger partial charge is 0.333 e. The van der Waals surface area contributed by atoms with Crippen molar-refractivity contribution in [2.75, 3.05) is 9.71 Å². The molecule has 12 rings (SSSR count). The molecule has 3 aliphatic rings. The SMILES string of the molecule is c1ccc(-c2cccc(N3c4cccc5c4B4c6c(cccc63)-c3cc(-c6ccc7oc8ccccc8c7c6)ccc3N4c3ccccc3-5)c2)cc1. The highest BCUT2D eigenvalue weighted by molar-refractivity contribution is 6.95. The number of rotatable bonds is 3. The van der Waals surface area contributed by atoms with E-state index in [1.165, 1.54) is 78.2 Å². The molecule has 3 nitrogen and oxygen atoms in total. The second kappa shape index (κ2) is 10.4. The molecule has 0 atom stereocenters. The van der Waals surface area contributed by atoms with Crippen molar-refractivity contribution in [3.8, 4) is 44.5 Å². The average molecular weight is 661 g/mol. The number of hydrogen-bond donors (Lipinski definition) is 0. The molecule has 0 unspecified atom stereocenters. The van der Waals surface area contributed by atoms with Crippen LogP contribution < -0.4 is 20.6 Å². The van der Waals surface area contributed by atoms with Crippen LogP contribution in [0.25, 0.3) is 66.4 Å². The summed E-state index contributed by atoms with van der Waals surface area (Å²) in [5, 5.41) is 2.29. The molecule has 8 aromatic carbocycles. The third kappa shape index (κ3) is 3.76. The van der Waals surface area contributed by atoms with Crippen LogP contribution in [0.4, 0.5) is 28.4 Å². The molecule has 1 aromatic heterocycles. The summed E-state index contributed by atoms with van der Waals surface area (Å²) in [6.45, 7) is 0.0489. The summed E-state index contributed by atoms with van der Waals surface area (Å²) in [7, 11) is 0. The van der Waals surface area contributed by atoms with Gasteiger partial charge in [-0.1, -0.05) is 115 Å². The summed E-state index contributed by atoms with van der Waals surface area (Å²) in [6, 6.07) is 64.3. The molecule has 240 valence electrons. The van der Waals surface area contributed by atoms with E-state index in [4.69, 9.17) is 4.42 Å². The van der Waals surface area contributed by atoms with Crippen LogP contribution in [-0.2, 0) is 0 Å². The van der Waals surface area contributed by atoms with Crippen LogP contribution >= 0.6 is 0 Å². The monoisotopic (exact) mass is 660 g/mol. The summed E-state index contributed by atoms with van der Waals surface area (Å²) >= 11 is 0. The lowest BCUT2D eigenvalue weighted by molar-refractivity contribution is 0.669. The second-order valence-electron chi connectivity index (χ2n) is 14.1. The Morgan fingerprint density at radius 2 is 0.962 bits per heavy atom. The molecule has 9 aromatic rings. The molecule has 0 radical (unpaired) electrons. The fourth-order valence-electron chi connectivity index (χ4n) is 9.17. The van der Waals surface area contributed by atoms with Crippen LogP contribution in [0.5, 0.6) is 0 Å². The largest absolute Gasteiger partial charge is 0.456 e. The fourth-order valence-corrected chi connectivity index (χ4v) is 9.17. The normalized spacial score (nSPS) is 13.3. The van der Waals surface area contributed by atoms with Gasteiger partial charge in [-0.25, -0.2) is 0 Å². The van der Waals surface area contributed by atoms with E-state index in [0.717, 1.165) is 27.6 Å². The van der Waals surface area contributed by atoms with Gasteiger partial charge in [-0.3, -0.25) is 0 Å². The summed E-state index contributed by atoms with van der Waals surface area (Å²) < 4.78 is 6.19. The molecule has 0 saturated carbocycles. The van der Waals surface area contributed by atoms with Gasteiger partial charge in [0.15, 0.2) is 0 Å². The fraction of sp³-hybridized carbons (Fsp3) is 0. The van der Waals surface area contributed by atoms with Gasteiger partial charge in [0, 0.05) is 50.3 Å². The molecule has 4 heteroatoms. The third-order valence-corrected chi connectivity index (χ3v) is 11.4. The van der Waals surface area contributed by atoms with Crippen molar-refractivity contribution in [2.24, 2.45) is 0 Å². The zero-order valence-electron chi connectivity index (χ0n) is 28.1. The van der Waals surface area contributed by atoms with E-state index in [0.29, 0.717) is 0 Å². The minimum absolute atomic E-state index is 0.0489. The first-order valence-corrected chi connectivity index (χ1v) is 18.0. The van der Waals surface area contributed by atoms with E-state index < -0.39 is 0 Å². The van der Waals surface area contributed by atoms with Crippen LogP contribution in [0.15, 0.2) is 180 Å². The Morgan fingerprint density at radius 1 is 0.365 bits per heavy atom. The van der Waals surface area contributed by atoms with Gasteiger partial charge in [-0.05, 0) is 105 Å². The summed E-state index contributed by atoms with van der Waals surface area (Å²) in [5.41, 5.74) is 20.6. The molecule has 3 aliphatic heterocycles. The Hall–Kier alpha value is -6.78. The molecule has 0 N–H and O–H groups in total. The number of hydrogen-bond acceptors (Lipinski definition) is 3. The van der Waals surface area contributed by atoms with Crippen LogP contribution in [0.3, 0.4) is 0 Å². The van der Waals surface area contributed by atoms with Crippen molar-refractivity contribution in [3.05, 3.63) is 176 Å². The van der Waals surface area contributed by atoms with E-state index in [9.17, 15) is 0 Å². The summed E-state index contributed by atoms with van der Waals surface area (Å²) in [4.78, 5) is 5.11. The first-order valence-electron chi connectivity index (χ1n) is 18.0. The molecular formula is C48H29BN2O. The second-order valence-corrected chi connectivity index (χ2v) is 14.1. The number of benzene rings is 8. The van der Waals surface area contributed by atoms with Crippen molar-refractivity contribution in [1.29, 1.82) is 0 Å². The highest BCUT2D eigenvalue weighted by Gasteiger charge is 2.48. The average Bonchev–Trinajstić information content (AvgIpc) is 3.59. The number of anilines is 5. The van der Waals surface area contributed by atoms with Gasteiger partial charge in [0.1, 0.15) is 11.2 Å². The van der Waals surface area contributed by atoms with Gasteiger partial charge in [0.2, 0.25) is 0 Å². The number of para-hydroxylation sites is 2. The number of nitrogens with zero attached hydrogens (tertiary/aromatic N) is 2. The number of fused-ring (bicyclic) bond motifs is 9. The maximum absolute atomic E-state index is 6.19. The number of furan rings is 1. The maximum Gasteiger partial charge on any atom is 0.333 e. The molecule has 0 saturated heterocycles. The van der Waals surface area contributed by atoms with Crippen LogP contribution in [0.2, 0.25) is 0 Å². The molecule has 0 amide bonds. The quantitative estimate of drug-likeness (QED) is 0.176. The predicted molar refractivity (Wildman–Crippen MR) is 217 cm³/mol. The molecule has 4 heterocycles. The Balaban J connectivity index is 1.12.